The average Bonchev–Trinajstić information content (AvgIpc) is 3.36. The van der Waals surface area contributed by atoms with Crippen LogP contribution in [0.1, 0.15) is 21.8 Å². The maximum Gasteiger partial charge on any atom is 0.326 e. The van der Waals surface area contributed by atoms with E-state index in [0.717, 1.165) is 17.4 Å². The summed E-state index contributed by atoms with van der Waals surface area (Å²) in [5, 5.41) is 15.5. The van der Waals surface area contributed by atoms with E-state index in [0.29, 0.717) is 42.5 Å². The Morgan fingerprint density at radius 1 is 0.974 bits per heavy atom. The summed E-state index contributed by atoms with van der Waals surface area (Å²) in [6, 6.07) is 19.8. The molecule has 3 N–H and O–H groups in total. The number of carbonyl (C=O) groups excluding carboxylic acids is 1. The molecule has 0 saturated heterocycles. The Kier molecular flexibility index (Phi) is 7.65. The van der Waals surface area contributed by atoms with Crippen molar-refractivity contribution in [2.45, 2.75) is 19.0 Å². The Labute approximate surface area is 222 Å². The smallest absolute Gasteiger partial charge is 0.326 e. The molecule has 10 heteroatoms. The SMILES string of the molecule is O=C(NC(Cc1ccc(OCCNCc2nc3ccccc3o2)cc1)C(=O)O)c1coc2ccccc2c1=O. The summed E-state index contributed by atoms with van der Waals surface area (Å²) in [5.74, 6) is -0.819. The molecule has 1 atom stereocenters. The number of amides is 1. The van der Waals surface area contributed by atoms with E-state index in [-0.39, 0.29) is 17.4 Å². The van der Waals surface area contributed by atoms with Crippen LogP contribution in [0, 0.1) is 0 Å². The lowest BCUT2D eigenvalue weighted by Crippen LogP contribution is -2.43. The topological polar surface area (TPSA) is 144 Å². The second-order valence-electron chi connectivity index (χ2n) is 8.79. The molecule has 0 radical (unpaired) electrons. The standard InChI is InChI=1S/C29H25N3O7/c33-27-20-5-1-3-7-24(20)38-17-21(27)28(34)32-23(29(35)36)15-18-9-11-19(12-10-18)37-14-13-30-16-26-31-22-6-2-4-8-25(22)39-26/h1-12,17,23,30H,13-16H2,(H,32,34)(H,35,36). The Bertz CT molecular complexity index is 1640. The van der Waals surface area contributed by atoms with Gasteiger partial charge in [0.25, 0.3) is 5.91 Å². The molecule has 0 spiro atoms. The molecule has 5 aromatic rings. The number of nitrogens with zero attached hydrogens (tertiary/aromatic N) is 1. The molecule has 0 fully saturated rings. The Hall–Kier alpha value is -4.96. The van der Waals surface area contributed by atoms with Gasteiger partial charge in [-0.2, -0.15) is 0 Å². The lowest BCUT2D eigenvalue weighted by molar-refractivity contribution is -0.139. The monoisotopic (exact) mass is 527 g/mol. The summed E-state index contributed by atoms with van der Waals surface area (Å²) in [6.07, 6.45) is 1.07. The zero-order valence-electron chi connectivity index (χ0n) is 20.8. The second kappa shape index (κ2) is 11.6. The first-order valence-corrected chi connectivity index (χ1v) is 12.3. The largest absolute Gasteiger partial charge is 0.492 e. The maximum atomic E-state index is 12.7. The first kappa shape index (κ1) is 25.7. The molecule has 3 aromatic carbocycles. The maximum absolute atomic E-state index is 12.7. The zero-order valence-corrected chi connectivity index (χ0v) is 20.8. The van der Waals surface area contributed by atoms with Crippen LogP contribution in [-0.2, 0) is 17.8 Å². The number of oxazole rings is 1. The fourth-order valence-corrected chi connectivity index (χ4v) is 4.06. The molecule has 2 aromatic heterocycles. The van der Waals surface area contributed by atoms with Gasteiger partial charge in [0.1, 0.15) is 41.3 Å². The molecule has 0 aliphatic heterocycles. The van der Waals surface area contributed by atoms with Gasteiger partial charge in [-0.15, -0.1) is 0 Å². The van der Waals surface area contributed by atoms with E-state index in [4.69, 9.17) is 13.6 Å². The van der Waals surface area contributed by atoms with E-state index in [1.54, 1.807) is 48.5 Å². The van der Waals surface area contributed by atoms with Crippen molar-refractivity contribution in [2.24, 2.45) is 0 Å². The van der Waals surface area contributed by atoms with Crippen molar-refractivity contribution in [2.75, 3.05) is 13.2 Å². The van der Waals surface area contributed by atoms with Crippen molar-refractivity contribution in [3.63, 3.8) is 0 Å². The number of aromatic nitrogens is 1. The lowest BCUT2D eigenvalue weighted by atomic mass is 10.1. The minimum atomic E-state index is -1.24. The fraction of sp³-hybridized carbons (Fsp3) is 0.172. The molecule has 198 valence electrons. The van der Waals surface area contributed by atoms with Crippen molar-refractivity contribution in [3.8, 4) is 5.75 Å². The van der Waals surface area contributed by atoms with Gasteiger partial charge in [-0.3, -0.25) is 9.59 Å². The predicted molar refractivity (Wildman–Crippen MR) is 143 cm³/mol. The second-order valence-corrected chi connectivity index (χ2v) is 8.79. The van der Waals surface area contributed by atoms with E-state index in [2.05, 4.69) is 15.6 Å². The van der Waals surface area contributed by atoms with Gasteiger partial charge in [-0.25, -0.2) is 9.78 Å². The van der Waals surface area contributed by atoms with Crippen LogP contribution in [0.2, 0.25) is 0 Å². The average molecular weight is 528 g/mol. The molecule has 1 unspecified atom stereocenters. The lowest BCUT2D eigenvalue weighted by Gasteiger charge is -2.15. The third-order valence-corrected chi connectivity index (χ3v) is 6.05. The quantitative estimate of drug-likeness (QED) is 0.220. The molecule has 0 aliphatic rings. The predicted octanol–water partition coefficient (Wildman–Crippen LogP) is 3.53. The van der Waals surface area contributed by atoms with Gasteiger partial charge in [-0.05, 0) is 42.0 Å². The third kappa shape index (κ3) is 6.13. The number of carboxylic acid groups (broad SMARTS) is 1. The van der Waals surface area contributed by atoms with Gasteiger partial charge in [0.15, 0.2) is 5.58 Å². The summed E-state index contributed by atoms with van der Waals surface area (Å²) >= 11 is 0. The van der Waals surface area contributed by atoms with Crippen molar-refractivity contribution in [1.82, 2.24) is 15.6 Å². The van der Waals surface area contributed by atoms with Gasteiger partial charge >= 0.3 is 5.97 Å². The van der Waals surface area contributed by atoms with Crippen molar-refractivity contribution in [1.29, 1.82) is 0 Å². The molecule has 0 saturated carbocycles. The number of carbonyl (C=O) groups is 2. The summed E-state index contributed by atoms with van der Waals surface area (Å²) in [4.78, 5) is 41.6. The van der Waals surface area contributed by atoms with E-state index in [1.807, 2.05) is 24.3 Å². The Morgan fingerprint density at radius 2 is 1.72 bits per heavy atom. The van der Waals surface area contributed by atoms with Gasteiger partial charge in [0, 0.05) is 13.0 Å². The van der Waals surface area contributed by atoms with Crippen LogP contribution in [0.4, 0.5) is 0 Å². The van der Waals surface area contributed by atoms with Crippen LogP contribution >= 0.6 is 0 Å². The number of benzene rings is 3. The number of ether oxygens (including phenoxy) is 1. The normalized spacial score (nSPS) is 11.9. The van der Waals surface area contributed by atoms with E-state index in [1.165, 1.54) is 0 Å². The number of hydrogen-bond donors (Lipinski definition) is 3. The highest BCUT2D eigenvalue weighted by molar-refractivity contribution is 5.98. The fourth-order valence-electron chi connectivity index (χ4n) is 4.06. The van der Waals surface area contributed by atoms with Crippen LogP contribution in [0.5, 0.6) is 5.75 Å². The minimum absolute atomic E-state index is 0.0202. The van der Waals surface area contributed by atoms with E-state index >= 15 is 0 Å². The summed E-state index contributed by atoms with van der Waals surface area (Å²) in [7, 11) is 0. The molecule has 0 bridgehead atoms. The summed E-state index contributed by atoms with van der Waals surface area (Å²) in [5.41, 5.74) is 1.80. The first-order chi connectivity index (χ1) is 19.0. The molecule has 39 heavy (non-hydrogen) atoms. The highest BCUT2D eigenvalue weighted by Gasteiger charge is 2.23. The summed E-state index contributed by atoms with van der Waals surface area (Å²) in [6.45, 7) is 1.44. The molecule has 0 aliphatic carbocycles. The molecule has 1 amide bonds. The van der Waals surface area contributed by atoms with Crippen LogP contribution in [0.25, 0.3) is 22.1 Å². The highest BCUT2D eigenvalue weighted by atomic mass is 16.5. The van der Waals surface area contributed by atoms with Gasteiger partial charge in [0.05, 0.1) is 11.9 Å². The van der Waals surface area contributed by atoms with Crippen LogP contribution in [0.3, 0.4) is 0 Å². The number of fused-ring (bicyclic) bond motifs is 2. The first-order valence-electron chi connectivity index (χ1n) is 12.3. The number of para-hydroxylation sites is 3. The number of aliphatic carboxylic acids is 1. The minimum Gasteiger partial charge on any atom is -0.492 e. The number of rotatable bonds is 11. The number of hydrogen-bond acceptors (Lipinski definition) is 8. The molecular weight excluding hydrogens is 502 g/mol. The van der Waals surface area contributed by atoms with E-state index in [9.17, 15) is 19.5 Å². The van der Waals surface area contributed by atoms with Gasteiger partial charge in [-0.1, -0.05) is 36.4 Å². The van der Waals surface area contributed by atoms with E-state index < -0.39 is 23.3 Å². The molecule has 5 rings (SSSR count). The number of nitrogens with one attached hydrogen (secondary N) is 2. The van der Waals surface area contributed by atoms with Gasteiger partial charge in [0.2, 0.25) is 11.3 Å². The molecular formula is C29H25N3O7. The Morgan fingerprint density at radius 3 is 2.49 bits per heavy atom. The van der Waals surface area contributed by atoms with Crippen LogP contribution < -0.4 is 20.8 Å². The molecule has 2 heterocycles. The Balaban J connectivity index is 1.12. The van der Waals surface area contributed by atoms with Crippen molar-refractivity contribution in [3.05, 3.63) is 106 Å². The molecule has 10 nitrogen and oxygen atoms in total. The summed E-state index contributed by atoms with van der Waals surface area (Å²) < 4.78 is 16.8. The zero-order chi connectivity index (χ0) is 27.2. The highest BCUT2D eigenvalue weighted by Crippen LogP contribution is 2.16. The van der Waals surface area contributed by atoms with Crippen LogP contribution in [0.15, 0.2) is 92.7 Å². The third-order valence-electron chi connectivity index (χ3n) is 6.05. The van der Waals surface area contributed by atoms with Gasteiger partial charge < -0.3 is 29.3 Å². The van der Waals surface area contributed by atoms with Crippen molar-refractivity contribution < 1.29 is 28.3 Å². The van der Waals surface area contributed by atoms with Crippen molar-refractivity contribution >= 4 is 33.9 Å². The number of carboxylic acids is 1. The van der Waals surface area contributed by atoms with Crippen LogP contribution in [-0.4, -0.2) is 41.2 Å².